The van der Waals surface area contributed by atoms with Gasteiger partial charge in [0.2, 0.25) is 0 Å². The Labute approximate surface area is 144 Å². The number of carbonyl (C=O) groups is 1. The quantitative estimate of drug-likeness (QED) is 0.508. The summed E-state index contributed by atoms with van der Waals surface area (Å²) in [6.45, 7) is 1.87. The fourth-order valence-electron chi connectivity index (χ4n) is 2.50. The highest BCUT2D eigenvalue weighted by Gasteiger charge is 2.15. The lowest BCUT2D eigenvalue weighted by molar-refractivity contribution is 0.241. The van der Waals surface area contributed by atoms with Crippen LogP contribution in [-0.2, 0) is 0 Å². The number of hydrogen-bond donors (Lipinski definition) is 0. The van der Waals surface area contributed by atoms with Crippen molar-refractivity contribution in [3.05, 3.63) is 64.5 Å². The maximum atomic E-state index is 12.0. The number of hydrogen-bond acceptors (Lipinski definition) is 4. The first kappa shape index (κ1) is 16.3. The highest BCUT2D eigenvalue weighted by molar-refractivity contribution is 8.13. The first-order valence-corrected chi connectivity index (χ1v) is 8.31. The summed E-state index contributed by atoms with van der Waals surface area (Å²) in [6, 6.07) is 15.0. The standard InChI is InChI=1S/C19H17NO3S/c1-12-16(24-19(22)20(2)3)10-9-14-15(11-17(21)23-18(12)14)13-7-5-4-6-8-13/h4-11H,1-3H3. The van der Waals surface area contributed by atoms with E-state index in [0.717, 1.165) is 38.7 Å². The van der Waals surface area contributed by atoms with Gasteiger partial charge in [0.1, 0.15) is 5.58 Å². The van der Waals surface area contributed by atoms with Crippen LogP contribution in [0.3, 0.4) is 0 Å². The first-order chi connectivity index (χ1) is 11.5. The summed E-state index contributed by atoms with van der Waals surface area (Å²) in [4.78, 5) is 26.3. The number of amides is 1. The van der Waals surface area contributed by atoms with Crippen molar-refractivity contribution in [1.29, 1.82) is 0 Å². The number of rotatable bonds is 2. The first-order valence-electron chi connectivity index (χ1n) is 7.49. The molecular formula is C19H17NO3S. The van der Waals surface area contributed by atoms with E-state index >= 15 is 0 Å². The summed E-state index contributed by atoms with van der Waals surface area (Å²) in [5.74, 6) is 0. The Bertz CT molecular complexity index is 962. The third-order valence-electron chi connectivity index (χ3n) is 3.76. The molecule has 0 fully saturated rings. The van der Waals surface area contributed by atoms with Gasteiger partial charge in [-0.15, -0.1) is 0 Å². The fourth-order valence-corrected chi connectivity index (χ4v) is 3.25. The Balaban J connectivity index is 2.19. The van der Waals surface area contributed by atoms with Gasteiger partial charge in [-0.1, -0.05) is 30.3 Å². The zero-order chi connectivity index (χ0) is 17.3. The van der Waals surface area contributed by atoms with Crippen molar-refractivity contribution >= 4 is 28.0 Å². The third-order valence-corrected chi connectivity index (χ3v) is 4.96. The van der Waals surface area contributed by atoms with Gasteiger partial charge in [0.15, 0.2) is 0 Å². The van der Waals surface area contributed by atoms with E-state index in [-0.39, 0.29) is 5.24 Å². The van der Waals surface area contributed by atoms with Crippen LogP contribution in [0, 0.1) is 6.92 Å². The largest absolute Gasteiger partial charge is 0.422 e. The van der Waals surface area contributed by atoms with Gasteiger partial charge in [-0.05, 0) is 41.9 Å². The molecule has 3 rings (SSSR count). The number of thioether (sulfide) groups is 1. The van der Waals surface area contributed by atoms with E-state index in [4.69, 9.17) is 4.42 Å². The third kappa shape index (κ3) is 3.08. The van der Waals surface area contributed by atoms with Crippen LogP contribution >= 0.6 is 11.8 Å². The van der Waals surface area contributed by atoms with Crippen LogP contribution in [0.25, 0.3) is 22.1 Å². The monoisotopic (exact) mass is 339 g/mol. The summed E-state index contributed by atoms with van der Waals surface area (Å²) in [5.41, 5.74) is 2.71. The van der Waals surface area contributed by atoms with Crippen LogP contribution in [0.2, 0.25) is 0 Å². The molecule has 122 valence electrons. The van der Waals surface area contributed by atoms with E-state index in [1.807, 2.05) is 49.4 Å². The van der Waals surface area contributed by atoms with Crippen LogP contribution in [0.1, 0.15) is 5.56 Å². The molecule has 5 heteroatoms. The second-order valence-electron chi connectivity index (χ2n) is 5.67. The maximum absolute atomic E-state index is 12.0. The topological polar surface area (TPSA) is 50.5 Å². The van der Waals surface area contributed by atoms with E-state index in [1.165, 1.54) is 11.0 Å². The van der Waals surface area contributed by atoms with Gasteiger partial charge in [-0.3, -0.25) is 4.79 Å². The Morgan fingerprint density at radius 1 is 1.08 bits per heavy atom. The Hall–Kier alpha value is -2.53. The molecule has 0 bridgehead atoms. The van der Waals surface area contributed by atoms with Crippen LogP contribution in [-0.4, -0.2) is 24.2 Å². The smallest absolute Gasteiger partial charge is 0.336 e. The van der Waals surface area contributed by atoms with Gasteiger partial charge in [-0.25, -0.2) is 4.79 Å². The van der Waals surface area contributed by atoms with Gasteiger partial charge >= 0.3 is 5.63 Å². The molecule has 3 aromatic rings. The molecule has 0 unspecified atom stereocenters. The highest BCUT2D eigenvalue weighted by atomic mass is 32.2. The van der Waals surface area contributed by atoms with E-state index in [1.54, 1.807) is 14.1 Å². The summed E-state index contributed by atoms with van der Waals surface area (Å²) < 4.78 is 5.44. The Morgan fingerprint density at radius 3 is 2.46 bits per heavy atom. The summed E-state index contributed by atoms with van der Waals surface area (Å²) in [6.07, 6.45) is 0. The maximum Gasteiger partial charge on any atom is 0.336 e. The zero-order valence-electron chi connectivity index (χ0n) is 13.7. The molecule has 0 aliphatic carbocycles. The minimum absolute atomic E-state index is 0.0704. The molecule has 0 radical (unpaired) electrons. The van der Waals surface area contributed by atoms with E-state index in [2.05, 4.69) is 0 Å². The lowest BCUT2D eigenvalue weighted by atomic mass is 10.0. The average molecular weight is 339 g/mol. The van der Waals surface area contributed by atoms with Gasteiger partial charge in [0.05, 0.1) is 0 Å². The van der Waals surface area contributed by atoms with Crippen molar-refractivity contribution in [2.75, 3.05) is 14.1 Å². The predicted molar refractivity (Wildman–Crippen MR) is 97.6 cm³/mol. The zero-order valence-corrected chi connectivity index (χ0v) is 14.5. The molecule has 1 heterocycles. The summed E-state index contributed by atoms with van der Waals surface area (Å²) >= 11 is 1.13. The van der Waals surface area contributed by atoms with Gasteiger partial charge in [0.25, 0.3) is 5.24 Å². The van der Waals surface area contributed by atoms with Gasteiger partial charge in [-0.2, -0.15) is 0 Å². The lowest BCUT2D eigenvalue weighted by Crippen LogP contribution is -2.16. The minimum Gasteiger partial charge on any atom is -0.422 e. The summed E-state index contributed by atoms with van der Waals surface area (Å²) in [5, 5.41) is 0.791. The molecule has 0 aliphatic rings. The molecule has 4 nitrogen and oxygen atoms in total. The lowest BCUT2D eigenvalue weighted by Gasteiger charge is -2.13. The average Bonchev–Trinajstić information content (AvgIpc) is 2.57. The van der Waals surface area contributed by atoms with Crippen molar-refractivity contribution in [3.8, 4) is 11.1 Å². The minimum atomic E-state index is -0.398. The van der Waals surface area contributed by atoms with E-state index < -0.39 is 5.63 Å². The number of benzene rings is 2. The summed E-state index contributed by atoms with van der Waals surface area (Å²) in [7, 11) is 3.42. The second kappa shape index (κ2) is 6.53. The molecule has 0 spiro atoms. The fraction of sp³-hybridized carbons (Fsp3) is 0.158. The number of aryl methyl sites for hydroxylation is 1. The molecule has 2 aromatic carbocycles. The van der Waals surface area contributed by atoms with Crippen LogP contribution in [0.15, 0.2) is 62.6 Å². The molecule has 1 amide bonds. The predicted octanol–water partition coefficient (Wildman–Crippen LogP) is 4.54. The number of fused-ring (bicyclic) bond motifs is 1. The van der Waals surface area contributed by atoms with Crippen molar-refractivity contribution in [2.24, 2.45) is 0 Å². The molecule has 0 atom stereocenters. The molecular weight excluding hydrogens is 322 g/mol. The second-order valence-corrected chi connectivity index (χ2v) is 6.67. The van der Waals surface area contributed by atoms with Gasteiger partial charge < -0.3 is 9.32 Å². The van der Waals surface area contributed by atoms with Crippen LogP contribution in [0.4, 0.5) is 4.79 Å². The Kier molecular flexibility index (Phi) is 4.44. The van der Waals surface area contributed by atoms with E-state index in [0.29, 0.717) is 5.58 Å². The van der Waals surface area contributed by atoms with Crippen LogP contribution < -0.4 is 5.63 Å². The molecule has 0 aliphatic heterocycles. The number of nitrogens with zero attached hydrogens (tertiary/aromatic N) is 1. The van der Waals surface area contributed by atoms with Crippen molar-refractivity contribution < 1.29 is 9.21 Å². The molecule has 0 saturated heterocycles. The molecule has 24 heavy (non-hydrogen) atoms. The normalized spacial score (nSPS) is 10.8. The SMILES string of the molecule is Cc1c(SC(=O)N(C)C)ccc2c(-c3ccccc3)cc(=O)oc12. The number of carbonyl (C=O) groups excluding carboxylic acids is 1. The highest BCUT2D eigenvalue weighted by Crippen LogP contribution is 2.34. The van der Waals surface area contributed by atoms with Crippen molar-refractivity contribution in [2.45, 2.75) is 11.8 Å². The Morgan fingerprint density at radius 2 is 1.79 bits per heavy atom. The van der Waals surface area contributed by atoms with E-state index in [9.17, 15) is 9.59 Å². The van der Waals surface area contributed by atoms with Gasteiger partial charge in [0, 0.05) is 36.0 Å². The molecule has 0 saturated carbocycles. The van der Waals surface area contributed by atoms with Crippen molar-refractivity contribution in [3.63, 3.8) is 0 Å². The van der Waals surface area contributed by atoms with Crippen LogP contribution in [0.5, 0.6) is 0 Å². The molecule has 0 N–H and O–H groups in total. The molecule has 1 aromatic heterocycles. The van der Waals surface area contributed by atoms with Crippen molar-refractivity contribution in [1.82, 2.24) is 4.90 Å².